The van der Waals surface area contributed by atoms with Crippen molar-refractivity contribution < 1.29 is 14.3 Å². The van der Waals surface area contributed by atoms with Gasteiger partial charge in [0.25, 0.3) is 5.91 Å². The van der Waals surface area contributed by atoms with E-state index in [1.165, 1.54) is 18.6 Å². The highest BCUT2D eigenvalue weighted by atomic mass is 16.5. The van der Waals surface area contributed by atoms with Crippen LogP contribution in [0.5, 0.6) is 5.75 Å². The summed E-state index contributed by atoms with van der Waals surface area (Å²) in [4.78, 5) is 27.8. The number of carbonyl (C=O) groups is 2. The Morgan fingerprint density at radius 1 is 1.00 bits per heavy atom. The second kappa shape index (κ2) is 8.53. The van der Waals surface area contributed by atoms with Crippen LogP contribution < -0.4 is 10.2 Å². The number of hydrogen-bond acceptors (Lipinski definition) is 5. The van der Waals surface area contributed by atoms with E-state index in [2.05, 4.69) is 15.5 Å². The summed E-state index contributed by atoms with van der Waals surface area (Å²) in [5.74, 6) is -0.304. The van der Waals surface area contributed by atoms with Crippen LogP contribution in [0.1, 0.15) is 31.8 Å². The summed E-state index contributed by atoms with van der Waals surface area (Å²) in [5.41, 5.74) is 5.15. The van der Waals surface area contributed by atoms with Crippen LogP contribution in [-0.2, 0) is 0 Å². The second-order valence-corrected chi connectivity index (χ2v) is 5.76. The molecule has 0 aliphatic rings. The third-order valence-corrected chi connectivity index (χ3v) is 3.67. The lowest BCUT2D eigenvalue weighted by atomic mass is 10.1. The molecular weight excluding hydrogens is 342 g/mol. The molecule has 0 aliphatic carbocycles. The summed E-state index contributed by atoms with van der Waals surface area (Å²) in [6, 6.07) is 17.2. The average molecular weight is 359 g/mol. The van der Waals surface area contributed by atoms with Gasteiger partial charge >= 0.3 is 5.97 Å². The molecule has 6 heteroatoms. The summed E-state index contributed by atoms with van der Waals surface area (Å²) in [7, 11) is 0. The molecule has 1 aromatic heterocycles. The smallest absolute Gasteiger partial charge is 0.343 e. The van der Waals surface area contributed by atoms with Crippen LogP contribution in [-0.4, -0.2) is 23.1 Å². The molecule has 6 nitrogen and oxygen atoms in total. The number of rotatable bonds is 5. The minimum Gasteiger partial charge on any atom is -0.423 e. The Morgan fingerprint density at radius 2 is 1.74 bits per heavy atom. The van der Waals surface area contributed by atoms with Gasteiger partial charge in [0.15, 0.2) is 0 Å². The van der Waals surface area contributed by atoms with Crippen LogP contribution in [0, 0.1) is 6.92 Å². The van der Waals surface area contributed by atoms with Crippen LogP contribution in [0.2, 0.25) is 0 Å². The monoisotopic (exact) mass is 359 g/mol. The van der Waals surface area contributed by atoms with Gasteiger partial charge in [0.05, 0.1) is 11.8 Å². The number of amides is 1. The molecule has 0 bridgehead atoms. The van der Waals surface area contributed by atoms with E-state index in [-0.39, 0.29) is 5.91 Å². The summed E-state index contributed by atoms with van der Waals surface area (Å²) in [6.45, 7) is 1.92. The van der Waals surface area contributed by atoms with Crippen molar-refractivity contribution in [3.63, 3.8) is 0 Å². The molecule has 3 aromatic rings. The quantitative estimate of drug-likeness (QED) is 0.328. The standard InChI is InChI=1S/C21H17N3O3/c1-15-3-2-4-18(13-15)21(26)27-19-7-5-16(6-8-19)14-23-24-20(25)17-9-11-22-12-10-17/h2-14H,1H3,(H,24,25)/b23-14-. The Morgan fingerprint density at radius 3 is 2.44 bits per heavy atom. The highest BCUT2D eigenvalue weighted by Gasteiger charge is 2.08. The van der Waals surface area contributed by atoms with Gasteiger partial charge in [0.2, 0.25) is 0 Å². The lowest BCUT2D eigenvalue weighted by molar-refractivity contribution is 0.0734. The van der Waals surface area contributed by atoms with Gasteiger partial charge in [-0.3, -0.25) is 9.78 Å². The van der Waals surface area contributed by atoms with Crippen LogP contribution in [0.15, 0.2) is 78.2 Å². The molecule has 1 amide bonds. The maximum atomic E-state index is 12.1. The van der Waals surface area contributed by atoms with Gasteiger partial charge in [-0.15, -0.1) is 0 Å². The van der Waals surface area contributed by atoms with E-state index in [4.69, 9.17) is 4.74 Å². The van der Waals surface area contributed by atoms with Gasteiger partial charge in [0, 0.05) is 18.0 Å². The van der Waals surface area contributed by atoms with Crippen molar-refractivity contribution in [1.82, 2.24) is 10.4 Å². The number of aromatic nitrogens is 1. The maximum absolute atomic E-state index is 12.1. The molecule has 0 atom stereocenters. The molecule has 3 rings (SSSR count). The van der Waals surface area contributed by atoms with Crippen LogP contribution in [0.3, 0.4) is 0 Å². The molecule has 0 saturated carbocycles. The average Bonchev–Trinajstić information content (AvgIpc) is 2.70. The van der Waals surface area contributed by atoms with Gasteiger partial charge in [-0.25, -0.2) is 10.2 Å². The first kappa shape index (κ1) is 18.0. The van der Waals surface area contributed by atoms with Crippen molar-refractivity contribution >= 4 is 18.1 Å². The topological polar surface area (TPSA) is 80.6 Å². The van der Waals surface area contributed by atoms with E-state index in [0.717, 1.165) is 11.1 Å². The van der Waals surface area contributed by atoms with Crippen LogP contribution in [0.4, 0.5) is 0 Å². The number of nitrogens with zero attached hydrogens (tertiary/aromatic N) is 2. The number of benzene rings is 2. The fourth-order valence-electron chi connectivity index (χ4n) is 2.29. The molecule has 1 heterocycles. The third kappa shape index (κ3) is 5.09. The Bertz CT molecular complexity index is 967. The Balaban J connectivity index is 1.57. The van der Waals surface area contributed by atoms with E-state index in [0.29, 0.717) is 16.9 Å². The summed E-state index contributed by atoms with van der Waals surface area (Å²) >= 11 is 0. The van der Waals surface area contributed by atoms with Gasteiger partial charge in [0.1, 0.15) is 5.75 Å². The fourth-order valence-corrected chi connectivity index (χ4v) is 2.29. The van der Waals surface area contributed by atoms with E-state index >= 15 is 0 Å². The van der Waals surface area contributed by atoms with Crippen LogP contribution >= 0.6 is 0 Å². The van der Waals surface area contributed by atoms with Gasteiger partial charge < -0.3 is 4.74 Å². The number of esters is 1. The molecule has 0 spiro atoms. The Kier molecular flexibility index (Phi) is 5.69. The number of hydrazone groups is 1. The molecule has 2 aromatic carbocycles. The Labute approximate surface area is 156 Å². The van der Waals surface area contributed by atoms with Crippen LogP contribution in [0.25, 0.3) is 0 Å². The minimum absolute atomic E-state index is 0.322. The van der Waals surface area contributed by atoms with E-state index in [9.17, 15) is 9.59 Å². The summed E-state index contributed by atoms with van der Waals surface area (Å²) < 4.78 is 5.35. The molecule has 0 fully saturated rings. The molecular formula is C21H17N3O3. The van der Waals surface area contributed by atoms with E-state index in [1.54, 1.807) is 48.5 Å². The van der Waals surface area contributed by atoms with Crippen molar-refractivity contribution in [3.05, 3.63) is 95.3 Å². The fraction of sp³-hybridized carbons (Fsp3) is 0.0476. The second-order valence-electron chi connectivity index (χ2n) is 5.76. The number of pyridine rings is 1. The van der Waals surface area contributed by atoms with Crippen molar-refractivity contribution in [2.24, 2.45) is 5.10 Å². The number of aryl methyl sites for hydroxylation is 1. The van der Waals surface area contributed by atoms with Crippen molar-refractivity contribution in [3.8, 4) is 5.75 Å². The number of ether oxygens (including phenoxy) is 1. The number of carbonyl (C=O) groups excluding carboxylic acids is 2. The first-order valence-electron chi connectivity index (χ1n) is 8.24. The molecule has 0 radical (unpaired) electrons. The molecule has 1 N–H and O–H groups in total. The molecule has 27 heavy (non-hydrogen) atoms. The van der Waals surface area contributed by atoms with E-state index in [1.807, 2.05) is 19.1 Å². The molecule has 134 valence electrons. The number of nitrogens with one attached hydrogen (secondary N) is 1. The van der Waals surface area contributed by atoms with E-state index < -0.39 is 5.97 Å². The Hall–Kier alpha value is -3.80. The third-order valence-electron chi connectivity index (χ3n) is 3.67. The molecule has 0 unspecified atom stereocenters. The lowest BCUT2D eigenvalue weighted by Crippen LogP contribution is -2.17. The first-order valence-corrected chi connectivity index (χ1v) is 8.24. The SMILES string of the molecule is Cc1cccc(C(=O)Oc2ccc(/C=N\NC(=O)c3ccncc3)cc2)c1. The highest BCUT2D eigenvalue weighted by Crippen LogP contribution is 2.14. The maximum Gasteiger partial charge on any atom is 0.343 e. The molecule has 0 saturated heterocycles. The minimum atomic E-state index is -0.412. The predicted octanol–water partition coefficient (Wildman–Crippen LogP) is 3.37. The summed E-state index contributed by atoms with van der Waals surface area (Å²) in [6.07, 6.45) is 4.58. The number of hydrogen-bond donors (Lipinski definition) is 1. The van der Waals surface area contributed by atoms with Crippen molar-refractivity contribution in [2.75, 3.05) is 0 Å². The highest BCUT2D eigenvalue weighted by molar-refractivity contribution is 5.94. The predicted molar refractivity (Wildman–Crippen MR) is 102 cm³/mol. The lowest BCUT2D eigenvalue weighted by Gasteiger charge is -2.05. The van der Waals surface area contributed by atoms with Gasteiger partial charge in [-0.05, 0) is 61.0 Å². The normalized spacial score (nSPS) is 10.6. The first-order chi connectivity index (χ1) is 13.1. The largest absolute Gasteiger partial charge is 0.423 e. The van der Waals surface area contributed by atoms with Crippen molar-refractivity contribution in [2.45, 2.75) is 6.92 Å². The van der Waals surface area contributed by atoms with Gasteiger partial charge in [-0.1, -0.05) is 17.7 Å². The zero-order chi connectivity index (χ0) is 19.1. The van der Waals surface area contributed by atoms with Gasteiger partial charge in [-0.2, -0.15) is 5.10 Å². The summed E-state index contributed by atoms with van der Waals surface area (Å²) in [5, 5.41) is 3.91. The zero-order valence-electron chi connectivity index (χ0n) is 14.6. The van der Waals surface area contributed by atoms with Crippen molar-refractivity contribution in [1.29, 1.82) is 0 Å². The zero-order valence-corrected chi connectivity index (χ0v) is 14.6. The molecule has 0 aliphatic heterocycles.